The highest BCUT2D eigenvalue weighted by molar-refractivity contribution is 5.83. The van der Waals surface area contributed by atoms with Crippen molar-refractivity contribution in [3.05, 3.63) is 24.3 Å². The van der Waals surface area contributed by atoms with Crippen LogP contribution < -0.4 is 0 Å². The van der Waals surface area contributed by atoms with Crippen molar-refractivity contribution in [1.29, 1.82) is 0 Å². The highest BCUT2D eigenvalue weighted by Crippen LogP contribution is 2.34. The van der Waals surface area contributed by atoms with Gasteiger partial charge in [0.25, 0.3) is 0 Å². The van der Waals surface area contributed by atoms with Crippen LogP contribution in [0.1, 0.15) is 78.6 Å². The summed E-state index contributed by atoms with van der Waals surface area (Å²) < 4.78 is 0. The first kappa shape index (κ1) is 22.6. The monoisotopic (exact) mass is 364 g/mol. The summed E-state index contributed by atoms with van der Waals surface area (Å²) in [4.78, 5) is 22.7. The van der Waals surface area contributed by atoms with Crippen molar-refractivity contribution < 1.29 is 19.8 Å². The predicted octanol–water partition coefficient (Wildman–Crippen LogP) is 4.92. The number of hydrogen-bond donors (Lipinski definition) is 2. The number of carboxylic acid groups (broad SMARTS) is 1. The number of aliphatic hydroxyl groups excluding tert-OH is 1. The predicted molar refractivity (Wildman–Crippen MR) is 105 cm³/mol. The second kappa shape index (κ2) is 11.3. The molecule has 148 valence electrons. The van der Waals surface area contributed by atoms with Crippen molar-refractivity contribution in [3.63, 3.8) is 0 Å². The van der Waals surface area contributed by atoms with Crippen LogP contribution in [0, 0.1) is 17.3 Å². The van der Waals surface area contributed by atoms with E-state index in [-0.39, 0.29) is 23.7 Å². The zero-order valence-corrected chi connectivity index (χ0v) is 16.6. The van der Waals surface area contributed by atoms with Crippen LogP contribution in [-0.4, -0.2) is 28.1 Å². The van der Waals surface area contributed by atoms with E-state index in [9.17, 15) is 14.7 Å². The highest BCUT2D eigenvalue weighted by Gasteiger charge is 2.32. The standard InChI is InChI=1S/C22H36O4/c1-4-5-16-22(2,3)20(24)15-13-17-12-14-19(23)18(17)10-8-6-7-9-11-21(25)26/h6,8,13,15,17-18,20,24H,4-5,7,9-12,14,16H2,1-3H3,(H,25,26)/t17-,18-,20+/m1/s1. The molecule has 0 heterocycles. The second-order valence-electron chi connectivity index (χ2n) is 8.19. The first-order valence-corrected chi connectivity index (χ1v) is 10.0. The van der Waals surface area contributed by atoms with Crippen LogP contribution >= 0.6 is 0 Å². The number of carbonyl (C=O) groups is 2. The van der Waals surface area contributed by atoms with Crippen LogP contribution in [0.2, 0.25) is 0 Å². The van der Waals surface area contributed by atoms with Gasteiger partial charge in [-0.3, -0.25) is 9.59 Å². The van der Waals surface area contributed by atoms with Gasteiger partial charge in [0.1, 0.15) is 5.78 Å². The van der Waals surface area contributed by atoms with Crippen LogP contribution in [0.3, 0.4) is 0 Å². The van der Waals surface area contributed by atoms with Gasteiger partial charge in [-0.25, -0.2) is 0 Å². The fourth-order valence-electron chi connectivity index (χ4n) is 3.49. The average Bonchev–Trinajstić information content (AvgIpc) is 2.93. The van der Waals surface area contributed by atoms with Gasteiger partial charge in [0, 0.05) is 18.8 Å². The lowest BCUT2D eigenvalue weighted by Crippen LogP contribution is -2.27. The maximum atomic E-state index is 12.2. The molecule has 4 nitrogen and oxygen atoms in total. The van der Waals surface area contributed by atoms with E-state index in [1.54, 1.807) is 0 Å². The van der Waals surface area contributed by atoms with Gasteiger partial charge in [-0.1, -0.05) is 57.9 Å². The normalized spacial score (nSPS) is 22.5. The minimum atomic E-state index is -0.769. The van der Waals surface area contributed by atoms with Crippen molar-refractivity contribution in [2.24, 2.45) is 17.3 Å². The van der Waals surface area contributed by atoms with E-state index in [2.05, 4.69) is 20.8 Å². The molecule has 1 aliphatic carbocycles. The molecule has 4 heteroatoms. The van der Waals surface area contributed by atoms with Gasteiger partial charge >= 0.3 is 5.97 Å². The topological polar surface area (TPSA) is 74.6 Å². The molecule has 26 heavy (non-hydrogen) atoms. The van der Waals surface area contributed by atoms with Crippen LogP contribution in [-0.2, 0) is 9.59 Å². The number of Topliss-reactive ketones (excluding diaryl/α,β-unsaturated/α-hetero) is 1. The molecule has 0 aliphatic heterocycles. The van der Waals surface area contributed by atoms with Gasteiger partial charge in [-0.05, 0) is 43.4 Å². The molecule has 0 unspecified atom stereocenters. The minimum absolute atomic E-state index is 0.00655. The number of carbonyl (C=O) groups excluding carboxylic acids is 1. The van der Waals surface area contributed by atoms with Crippen LogP contribution in [0.4, 0.5) is 0 Å². The Kier molecular flexibility index (Phi) is 9.85. The summed E-state index contributed by atoms with van der Waals surface area (Å²) in [7, 11) is 0. The van der Waals surface area contributed by atoms with Crippen LogP contribution in [0.25, 0.3) is 0 Å². The lowest BCUT2D eigenvalue weighted by molar-refractivity contribution is -0.137. The Morgan fingerprint density at radius 2 is 2.04 bits per heavy atom. The molecule has 1 rings (SSSR count). The van der Waals surface area contributed by atoms with E-state index >= 15 is 0 Å². The van der Waals surface area contributed by atoms with Gasteiger partial charge in [-0.15, -0.1) is 0 Å². The van der Waals surface area contributed by atoms with Gasteiger partial charge in [0.15, 0.2) is 0 Å². The molecular weight excluding hydrogens is 328 g/mol. The Bertz CT molecular complexity index is 504. The van der Waals surface area contributed by atoms with E-state index in [0.717, 1.165) is 32.1 Å². The summed E-state index contributed by atoms with van der Waals surface area (Å²) in [5.74, 6) is -0.278. The molecule has 1 fully saturated rings. The molecular formula is C22H36O4. The maximum absolute atomic E-state index is 12.2. The van der Waals surface area contributed by atoms with Gasteiger partial charge < -0.3 is 10.2 Å². The maximum Gasteiger partial charge on any atom is 0.303 e. The summed E-state index contributed by atoms with van der Waals surface area (Å²) in [6.45, 7) is 6.34. The number of allylic oxidation sites excluding steroid dienone is 3. The molecule has 0 spiro atoms. The lowest BCUT2D eigenvalue weighted by Gasteiger charge is -2.29. The van der Waals surface area contributed by atoms with E-state index in [1.165, 1.54) is 0 Å². The quantitative estimate of drug-likeness (QED) is 0.381. The average molecular weight is 365 g/mol. The third kappa shape index (κ3) is 7.86. The molecule has 2 N–H and O–H groups in total. The van der Waals surface area contributed by atoms with Crippen molar-refractivity contribution in [2.45, 2.75) is 84.7 Å². The first-order chi connectivity index (χ1) is 12.3. The summed E-state index contributed by atoms with van der Waals surface area (Å²) in [5.41, 5.74) is -0.144. The number of hydrogen-bond acceptors (Lipinski definition) is 3. The molecule has 0 radical (unpaired) electrons. The molecule has 1 saturated carbocycles. The number of aliphatic hydroxyl groups is 1. The van der Waals surface area contributed by atoms with Crippen molar-refractivity contribution in [1.82, 2.24) is 0 Å². The molecule has 0 bridgehead atoms. The number of unbranched alkanes of at least 4 members (excludes halogenated alkanes) is 2. The van der Waals surface area contributed by atoms with E-state index in [1.807, 2.05) is 24.3 Å². The Morgan fingerprint density at radius 1 is 1.31 bits per heavy atom. The first-order valence-electron chi connectivity index (χ1n) is 10.0. The van der Waals surface area contributed by atoms with Gasteiger partial charge in [0.2, 0.25) is 0 Å². The molecule has 0 amide bonds. The molecule has 0 aromatic rings. The van der Waals surface area contributed by atoms with E-state index < -0.39 is 12.1 Å². The summed E-state index contributed by atoms with van der Waals surface area (Å²) in [6.07, 6.45) is 14.4. The summed E-state index contributed by atoms with van der Waals surface area (Å²) in [6, 6.07) is 0. The Hall–Kier alpha value is -1.42. The minimum Gasteiger partial charge on any atom is -0.481 e. The summed E-state index contributed by atoms with van der Waals surface area (Å²) >= 11 is 0. The molecule has 3 atom stereocenters. The smallest absolute Gasteiger partial charge is 0.303 e. The lowest BCUT2D eigenvalue weighted by atomic mass is 9.80. The van der Waals surface area contributed by atoms with Crippen molar-refractivity contribution in [2.75, 3.05) is 0 Å². The number of ketones is 1. The fraction of sp³-hybridized carbons (Fsp3) is 0.727. The number of aliphatic carboxylic acids is 1. The largest absolute Gasteiger partial charge is 0.481 e. The second-order valence-corrected chi connectivity index (χ2v) is 8.19. The Labute approximate surface area is 158 Å². The highest BCUT2D eigenvalue weighted by atomic mass is 16.4. The van der Waals surface area contributed by atoms with E-state index in [4.69, 9.17) is 5.11 Å². The molecule has 0 aromatic heterocycles. The third-order valence-electron chi connectivity index (χ3n) is 5.49. The van der Waals surface area contributed by atoms with Crippen molar-refractivity contribution >= 4 is 11.8 Å². The SMILES string of the molecule is CCCCC(C)(C)[C@@H](O)C=C[C@H]1CCC(=O)[C@@H]1CC=CCCCC(=O)O. The third-order valence-corrected chi connectivity index (χ3v) is 5.49. The Balaban J connectivity index is 2.52. The molecule has 0 aromatic carbocycles. The molecule has 0 saturated heterocycles. The zero-order chi connectivity index (χ0) is 19.6. The van der Waals surface area contributed by atoms with E-state index in [0.29, 0.717) is 25.0 Å². The van der Waals surface area contributed by atoms with Crippen LogP contribution in [0.15, 0.2) is 24.3 Å². The fourth-order valence-corrected chi connectivity index (χ4v) is 3.49. The zero-order valence-electron chi connectivity index (χ0n) is 16.6. The van der Waals surface area contributed by atoms with Crippen molar-refractivity contribution in [3.8, 4) is 0 Å². The molecule has 1 aliphatic rings. The number of rotatable bonds is 12. The van der Waals surface area contributed by atoms with Crippen LogP contribution in [0.5, 0.6) is 0 Å². The Morgan fingerprint density at radius 3 is 2.69 bits per heavy atom. The van der Waals surface area contributed by atoms with Gasteiger partial charge in [-0.2, -0.15) is 0 Å². The number of carboxylic acids is 1. The van der Waals surface area contributed by atoms with Gasteiger partial charge in [0.05, 0.1) is 6.10 Å². The summed E-state index contributed by atoms with van der Waals surface area (Å²) in [5, 5.41) is 19.1.